The highest BCUT2D eigenvalue weighted by Crippen LogP contribution is 2.17. The van der Waals surface area contributed by atoms with Crippen LogP contribution >= 0.6 is 0 Å². The number of nitrogens with zero attached hydrogens (tertiary/aromatic N) is 1. The van der Waals surface area contributed by atoms with E-state index in [1.54, 1.807) is 34.6 Å². The van der Waals surface area contributed by atoms with Crippen LogP contribution in [-0.4, -0.2) is 35.0 Å². The standard InChI is InChI=1S/C18H25N3O3/c1-17(2,3)24-16(23)19-13(11-12-9-7-6-8-10-12)14-20-15(22)18(4,5)21-14/h6-10,13H,11H2,1-5H3,(H,19,23)(H,20,21,22)/t13-/m0/s1. The predicted molar refractivity (Wildman–Crippen MR) is 93.0 cm³/mol. The number of rotatable bonds is 4. The summed E-state index contributed by atoms with van der Waals surface area (Å²) < 4.78 is 5.33. The molecular formula is C18H25N3O3. The summed E-state index contributed by atoms with van der Waals surface area (Å²) in [7, 11) is 0. The molecule has 0 aromatic heterocycles. The molecule has 0 radical (unpaired) electrons. The first kappa shape index (κ1) is 18.0. The molecule has 0 spiro atoms. The Labute approximate surface area is 142 Å². The lowest BCUT2D eigenvalue weighted by molar-refractivity contribution is -0.122. The van der Waals surface area contributed by atoms with Crippen molar-refractivity contribution in [2.75, 3.05) is 0 Å². The van der Waals surface area contributed by atoms with Crippen LogP contribution in [0.15, 0.2) is 35.3 Å². The molecule has 6 nitrogen and oxygen atoms in total. The van der Waals surface area contributed by atoms with E-state index in [2.05, 4.69) is 15.6 Å². The van der Waals surface area contributed by atoms with Crippen molar-refractivity contribution in [3.05, 3.63) is 35.9 Å². The number of aliphatic imine (C=N–C) groups is 1. The number of benzene rings is 1. The van der Waals surface area contributed by atoms with Gasteiger partial charge in [0.2, 0.25) is 0 Å². The second-order valence-electron chi connectivity index (χ2n) is 7.40. The molecule has 24 heavy (non-hydrogen) atoms. The highest BCUT2D eigenvalue weighted by atomic mass is 16.6. The Morgan fingerprint density at radius 1 is 1.29 bits per heavy atom. The molecule has 1 atom stereocenters. The third-order valence-corrected chi connectivity index (χ3v) is 3.50. The summed E-state index contributed by atoms with van der Waals surface area (Å²) in [6.07, 6.45) is -0.0278. The molecule has 0 unspecified atom stereocenters. The molecule has 6 heteroatoms. The molecule has 0 aliphatic carbocycles. The van der Waals surface area contributed by atoms with E-state index in [1.807, 2.05) is 30.3 Å². The number of alkyl carbamates (subject to hydrolysis) is 1. The van der Waals surface area contributed by atoms with Gasteiger partial charge in [0.1, 0.15) is 17.0 Å². The van der Waals surface area contributed by atoms with E-state index < -0.39 is 23.3 Å². The largest absolute Gasteiger partial charge is 0.444 e. The summed E-state index contributed by atoms with van der Waals surface area (Å²) in [5, 5.41) is 5.59. The van der Waals surface area contributed by atoms with Crippen LogP contribution in [-0.2, 0) is 16.0 Å². The highest BCUT2D eigenvalue weighted by Gasteiger charge is 2.37. The molecule has 2 N–H and O–H groups in total. The Morgan fingerprint density at radius 3 is 2.42 bits per heavy atom. The minimum atomic E-state index is -0.833. The van der Waals surface area contributed by atoms with Gasteiger partial charge in [-0.25, -0.2) is 4.79 Å². The van der Waals surface area contributed by atoms with Crippen molar-refractivity contribution in [2.45, 2.75) is 58.2 Å². The monoisotopic (exact) mass is 331 g/mol. The van der Waals surface area contributed by atoms with Crippen LogP contribution < -0.4 is 10.6 Å². The molecule has 1 aromatic rings. The van der Waals surface area contributed by atoms with Gasteiger partial charge in [0.25, 0.3) is 5.91 Å². The van der Waals surface area contributed by atoms with Gasteiger partial charge in [-0.3, -0.25) is 9.79 Å². The van der Waals surface area contributed by atoms with Gasteiger partial charge < -0.3 is 15.4 Å². The SMILES string of the molecule is CC(C)(C)OC(=O)N[C@@H](Cc1ccccc1)C1=NC(C)(C)C(=O)N1. The lowest BCUT2D eigenvalue weighted by atomic mass is 10.1. The number of ether oxygens (including phenoxy) is 1. The van der Waals surface area contributed by atoms with Gasteiger partial charge in [0.15, 0.2) is 0 Å². The molecule has 0 bridgehead atoms. The van der Waals surface area contributed by atoms with Crippen LogP contribution in [0.2, 0.25) is 0 Å². The van der Waals surface area contributed by atoms with Crippen molar-refractivity contribution < 1.29 is 14.3 Å². The van der Waals surface area contributed by atoms with Gasteiger partial charge >= 0.3 is 6.09 Å². The zero-order chi connectivity index (χ0) is 18.0. The summed E-state index contributed by atoms with van der Waals surface area (Å²) in [5.74, 6) is 0.279. The van der Waals surface area contributed by atoms with Crippen molar-refractivity contribution in [3.63, 3.8) is 0 Å². The normalized spacial score (nSPS) is 17.7. The van der Waals surface area contributed by atoms with Crippen molar-refractivity contribution in [3.8, 4) is 0 Å². The smallest absolute Gasteiger partial charge is 0.408 e. The Balaban J connectivity index is 2.19. The van der Waals surface area contributed by atoms with Gasteiger partial charge in [0.05, 0.1) is 6.04 Å². The van der Waals surface area contributed by atoms with Crippen LogP contribution in [0.1, 0.15) is 40.2 Å². The van der Waals surface area contributed by atoms with Crippen molar-refractivity contribution in [2.24, 2.45) is 4.99 Å². The molecule has 2 amide bonds. The average Bonchev–Trinajstić information content (AvgIpc) is 2.71. The lowest BCUT2D eigenvalue weighted by Gasteiger charge is -2.23. The summed E-state index contributed by atoms with van der Waals surface area (Å²) in [6.45, 7) is 8.88. The van der Waals surface area contributed by atoms with E-state index in [-0.39, 0.29) is 5.91 Å². The molecular weight excluding hydrogens is 306 g/mol. The Morgan fingerprint density at radius 2 is 1.92 bits per heavy atom. The van der Waals surface area contributed by atoms with Crippen LogP contribution in [0.25, 0.3) is 0 Å². The van der Waals surface area contributed by atoms with Crippen molar-refractivity contribution in [1.82, 2.24) is 10.6 Å². The van der Waals surface area contributed by atoms with Gasteiger partial charge in [-0.1, -0.05) is 30.3 Å². The van der Waals surface area contributed by atoms with Gasteiger partial charge in [-0.2, -0.15) is 0 Å². The maximum absolute atomic E-state index is 12.2. The molecule has 2 rings (SSSR count). The molecule has 0 fully saturated rings. The zero-order valence-corrected chi connectivity index (χ0v) is 14.8. The summed E-state index contributed by atoms with van der Waals surface area (Å²) >= 11 is 0. The van der Waals surface area contributed by atoms with E-state index in [4.69, 9.17) is 4.74 Å². The van der Waals surface area contributed by atoms with E-state index >= 15 is 0 Å². The predicted octanol–water partition coefficient (Wildman–Crippen LogP) is 2.43. The molecule has 1 aromatic carbocycles. The van der Waals surface area contributed by atoms with Gasteiger partial charge in [-0.15, -0.1) is 0 Å². The molecule has 1 heterocycles. The first-order valence-corrected chi connectivity index (χ1v) is 8.01. The third-order valence-electron chi connectivity index (χ3n) is 3.50. The molecule has 130 valence electrons. The first-order valence-electron chi connectivity index (χ1n) is 8.01. The maximum atomic E-state index is 12.2. The number of hydrogen-bond donors (Lipinski definition) is 2. The van der Waals surface area contributed by atoms with Gasteiger partial charge in [0, 0.05) is 0 Å². The number of amides is 2. The highest BCUT2D eigenvalue weighted by molar-refractivity contribution is 6.10. The lowest BCUT2D eigenvalue weighted by Crippen LogP contribution is -2.49. The number of carbonyl (C=O) groups is 2. The van der Waals surface area contributed by atoms with Crippen LogP contribution in [0, 0.1) is 0 Å². The first-order chi connectivity index (χ1) is 11.1. The number of hydrogen-bond acceptors (Lipinski definition) is 4. The number of nitrogens with one attached hydrogen (secondary N) is 2. The maximum Gasteiger partial charge on any atom is 0.408 e. The van der Waals surface area contributed by atoms with E-state index in [1.165, 1.54) is 0 Å². The minimum absolute atomic E-state index is 0.179. The van der Waals surface area contributed by atoms with Crippen molar-refractivity contribution >= 4 is 17.8 Å². The topological polar surface area (TPSA) is 79.8 Å². The molecule has 1 aliphatic rings. The Bertz CT molecular complexity index is 645. The van der Waals surface area contributed by atoms with E-state index in [9.17, 15) is 9.59 Å². The van der Waals surface area contributed by atoms with Crippen molar-refractivity contribution in [1.29, 1.82) is 0 Å². The molecule has 0 saturated carbocycles. The second-order valence-corrected chi connectivity index (χ2v) is 7.40. The van der Waals surface area contributed by atoms with E-state index in [0.29, 0.717) is 12.3 Å². The summed E-state index contributed by atoms with van der Waals surface area (Å²) in [5.41, 5.74) is -0.401. The summed E-state index contributed by atoms with van der Waals surface area (Å²) in [4.78, 5) is 28.6. The number of amidine groups is 1. The average molecular weight is 331 g/mol. The third kappa shape index (κ3) is 4.81. The van der Waals surface area contributed by atoms with Crippen LogP contribution in [0.5, 0.6) is 0 Å². The molecule has 0 saturated heterocycles. The number of carbonyl (C=O) groups excluding carboxylic acids is 2. The Hall–Kier alpha value is -2.37. The van der Waals surface area contributed by atoms with Gasteiger partial charge in [-0.05, 0) is 46.6 Å². The van der Waals surface area contributed by atoms with Crippen LogP contribution in [0.4, 0.5) is 4.79 Å². The fourth-order valence-electron chi connectivity index (χ4n) is 2.33. The van der Waals surface area contributed by atoms with Crippen LogP contribution in [0.3, 0.4) is 0 Å². The fourth-order valence-corrected chi connectivity index (χ4v) is 2.33. The second kappa shape index (κ2) is 6.63. The quantitative estimate of drug-likeness (QED) is 0.889. The minimum Gasteiger partial charge on any atom is -0.444 e. The molecule has 1 aliphatic heterocycles. The zero-order valence-electron chi connectivity index (χ0n) is 14.8. The summed E-state index contributed by atoms with van der Waals surface area (Å²) in [6, 6.07) is 9.25. The Kier molecular flexibility index (Phi) is 4.96. The fraction of sp³-hybridized carbons (Fsp3) is 0.500. The van der Waals surface area contributed by atoms with E-state index in [0.717, 1.165) is 5.56 Å².